The van der Waals surface area contributed by atoms with Crippen LogP contribution < -0.4 is 10.6 Å². The number of aryl methyl sites for hydroxylation is 2. The Morgan fingerprint density at radius 3 is 2.86 bits per heavy atom. The average Bonchev–Trinajstić information content (AvgIpc) is 3.08. The van der Waals surface area contributed by atoms with Crippen LogP contribution in [0, 0.1) is 0 Å². The lowest BCUT2D eigenvalue weighted by Crippen LogP contribution is -2.23. The van der Waals surface area contributed by atoms with Crippen LogP contribution in [0.15, 0.2) is 24.3 Å². The van der Waals surface area contributed by atoms with Gasteiger partial charge in [0, 0.05) is 17.1 Å². The van der Waals surface area contributed by atoms with Crippen LogP contribution in [0.1, 0.15) is 37.7 Å². The summed E-state index contributed by atoms with van der Waals surface area (Å²) in [4.78, 5) is 14.6. The summed E-state index contributed by atoms with van der Waals surface area (Å²) in [6, 6.07) is 8.33. The van der Waals surface area contributed by atoms with Gasteiger partial charge in [-0.05, 0) is 67.1 Å². The highest BCUT2D eigenvalue weighted by atomic mass is 35.5. The minimum Gasteiger partial charge on any atom is -0.321 e. The van der Waals surface area contributed by atoms with E-state index < -0.39 is 0 Å². The number of rotatable bonds is 2. The molecule has 0 spiro atoms. The molecule has 0 radical (unpaired) electrons. The van der Waals surface area contributed by atoms with Crippen LogP contribution in [0.2, 0.25) is 0 Å². The normalized spacial score (nSPS) is 15.6. The molecule has 22 heavy (non-hydrogen) atoms. The Hall–Kier alpha value is -1.36. The first kappa shape index (κ1) is 15.5. The van der Waals surface area contributed by atoms with Crippen molar-refractivity contribution in [3.8, 4) is 0 Å². The van der Waals surface area contributed by atoms with E-state index in [0.29, 0.717) is 0 Å². The number of benzene rings is 1. The third-order valence-electron chi connectivity index (χ3n) is 4.32. The van der Waals surface area contributed by atoms with Crippen molar-refractivity contribution in [1.82, 2.24) is 5.32 Å². The van der Waals surface area contributed by atoms with Crippen molar-refractivity contribution >= 4 is 35.3 Å². The topological polar surface area (TPSA) is 41.1 Å². The quantitative estimate of drug-likeness (QED) is 0.881. The molecule has 4 rings (SSSR count). The minimum atomic E-state index is 0. The van der Waals surface area contributed by atoms with Gasteiger partial charge in [0.25, 0.3) is 5.91 Å². The fourth-order valence-corrected chi connectivity index (χ4v) is 4.34. The smallest absolute Gasteiger partial charge is 0.265 e. The van der Waals surface area contributed by atoms with Crippen LogP contribution in [0.4, 0.5) is 5.69 Å². The highest BCUT2D eigenvalue weighted by Gasteiger charge is 2.18. The zero-order chi connectivity index (χ0) is 14.2. The summed E-state index contributed by atoms with van der Waals surface area (Å²) in [6.07, 6.45) is 4.57. The van der Waals surface area contributed by atoms with E-state index in [0.717, 1.165) is 42.9 Å². The Morgan fingerprint density at radius 2 is 2.00 bits per heavy atom. The van der Waals surface area contributed by atoms with Crippen molar-refractivity contribution in [2.24, 2.45) is 0 Å². The lowest BCUT2D eigenvalue weighted by molar-refractivity contribution is 0.103. The number of hydrogen-bond acceptors (Lipinski definition) is 3. The standard InChI is InChI=1S/C17H18N2OS.ClH/c20-17(16-9-12-2-1-3-15(12)21-16)19-14-5-4-11-6-7-18-10-13(11)8-14;/h4-5,8-9,18H,1-3,6-7,10H2,(H,19,20);1H. The Bertz CT molecular complexity index is 689. The van der Waals surface area contributed by atoms with E-state index in [9.17, 15) is 4.79 Å². The third-order valence-corrected chi connectivity index (χ3v) is 5.56. The Balaban J connectivity index is 0.00000144. The van der Waals surface area contributed by atoms with Gasteiger partial charge < -0.3 is 10.6 Å². The second-order valence-electron chi connectivity index (χ2n) is 5.78. The molecule has 1 amide bonds. The van der Waals surface area contributed by atoms with Gasteiger partial charge in [-0.3, -0.25) is 4.79 Å². The molecule has 0 atom stereocenters. The lowest BCUT2D eigenvalue weighted by Gasteiger charge is -2.18. The van der Waals surface area contributed by atoms with Crippen molar-refractivity contribution in [3.05, 3.63) is 50.7 Å². The first-order chi connectivity index (χ1) is 10.3. The fraction of sp³-hybridized carbons (Fsp3) is 0.353. The molecule has 1 aliphatic carbocycles. The highest BCUT2D eigenvalue weighted by Crippen LogP contribution is 2.31. The number of nitrogens with one attached hydrogen (secondary N) is 2. The first-order valence-electron chi connectivity index (χ1n) is 7.55. The van der Waals surface area contributed by atoms with Crippen LogP contribution in [0.5, 0.6) is 0 Å². The number of carbonyl (C=O) groups is 1. The van der Waals surface area contributed by atoms with Crippen molar-refractivity contribution < 1.29 is 4.79 Å². The molecule has 0 saturated heterocycles. The summed E-state index contributed by atoms with van der Waals surface area (Å²) in [5, 5.41) is 6.41. The van der Waals surface area contributed by atoms with E-state index in [-0.39, 0.29) is 18.3 Å². The van der Waals surface area contributed by atoms with Crippen molar-refractivity contribution in [2.75, 3.05) is 11.9 Å². The fourth-order valence-electron chi connectivity index (χ4n) is 3.19. The third kappa shape index (κ3) is 2.91. The molecule has 2 aliphatic rings. The number of amides is 1. The molecule has 0 unspecified atom stereocenters. The van der Waals surface area contributed by atoms with Crippen molar-refractivity contribution in [1.29, 1.82) is 0 Å². The SMILES string of the molecule is Cl.O=C(Nc1ccc2c(c1)CNCC2)c1cc2c(s1)CCC2. The van der Waals surface area contributed by atoms with Crippen LogP contribution in [0.25, 0.3) is 0 Å². The van der Waals surface area contributed by atoms with E-state index in [4.69, 9.17) is 0 Å². The molecule has 1 aliphatic heterocycles. The van der Waals surface area contributed by atoms with Gasteiger partial charge in [-0.1, -0.05) is 6.07 Å². The van der Waals surface area contributed by atoms with E-state index in [1.165, 1.54) is 28.0 Å². The van der Waals surface area contributed by atoms with Crippen LogP contribution in [0.3, 0.4) is 0 Å². The van der Waals surface area contributed by atoms with Crippen LogP contribution >= 0.6 is 23.7 Å². The number of hydrogen-bond donors (Lipinski definition) is 2. The van der Waals surface area contributed by atoms with E-state index in [1.807, 2.05) is 6.07 Å². The van der Waals surface area contributed by atoms with Gasteiger partial charge in [-0.15, -0.1) is 23.7 Å². The zero-order valence-electron chi connectivity index (χ0n) is 12.3. The van der Waals surface area contributed by atoms with Gasteiger partial charge in [0.1, 0.15) is 0 Å². The van der Waals surface area contributed by atoms with E-state index in [2.05, 4.69) is 28.8 Å². The van der Waals surface area contributed by atoms with Crippen molar-refractivity contribution in [3.63, 3.8) is 0 Å². The second kappa shape index (κ2) is 6.41. The van der Waals surface area contributed by atoms with E-state index in [1.54, 1.807) is 11.3 Å². The average molecular weight is 335 g/mol. The molecule has 2 heterocycles. The molecule has 2 N–H and O–H groups in total. The van der Waals surface area contributed by atoms with Gasteiger partial charge in [0.05, 0.1) is 4.88 Å². The lowest BCUT2D eigenvalue weighted by atomic mass is 10.0. The number of fused-ring (bicyclic) bond motifs is 2. The predicted octanol–water partition coefficient (Wildman–Crippen LogP) is 3.56. The largest absolute Gasteiger partial charge is 0.321 e. The van der Waals surface area contributed by atoms with Crippen LogP contribution in [-0.4, -0.2) is 12.5 Å². The number of carbonyl (C=O) groups excluding carboxylic acids is 1. The molecule has 116 valence electrons. The summed E-state index contributed by atoms with van der Waals surface area (Å²) >= 11 is 1.65. The monoisotopic (exact) mass is 334 g/mol. The van der Waals surface area contributed by atoms with Crippen LogP contribution in [-0.2, 0) is 25.8 Å². The summed E-state index contributed by atoms with van der Waals surface area (Å²) < 4.78 is 0. The maximum atomic E-state index is 12.4. The highest BCUT2D eigenvalue weighted by molar-refractivity contribution is 7.14. The number of anilines is 1. The number of halogens is 1. The Labute approximate surface area is 140 Å². The second-order valence-corrected chi connectivity index (χ2v) is 6.91. The minimum absolute atomic E-state index is 0. The predicted molar refractivity (Wildman–Crippen MR) is 93.4 cm³/mol. The molecule has 1 aromatic heterocycles. The molecule has 3 nitrogen and oxygen atoms in total. The molecule has 5 heteroatoms. The van der Waals surface area contributed by atoms with Gasteiger partial charge in [-0.2, -0.15) is 0 Å². The zero-order valence-corrected chi connectivity index (χ0v) is 13.9. The van der Waals surface area contributed by atoms with Crippen molar-refractivity contribution in [2.45, 2.75) is 32.2 Å². The Morgan fingerprint density at radius 1 is 1.09 bits per heavy atom. The first-order valence-corrected chi connectivity index (χ1v) is 8.37. The van der Waals surface area contributed by atoms with Gasteiger partial charge in [0.2, 0.25) is 0 Å². The molecular formula is C17H19ClN2OS. The molecule has 0 bridgehead atoms. The summed E-state index contributed by atoms with van der Waals surface area (Å²) in [5.74, 6) is 0.0260. The van der Waals surface area contributed by atoms with Gasteiger partial charge in [0.15, 0.2) is 0 Å². The molecule has 0 fully saturated rings. The summed E-state index contributed by atoms with van der Waals surface area (Å²) in [7, 11) is 0. The molecular weight excluding hydrogens is 316 g/mol. The maximum absolute atomic E-state index is 12.4. The van der Waals surface area contributed by atoms with Gasteiger partial charge in [-0.25, -0.2) is 0 Å². The maximum Gasteiger partial charge on any atom is 0.265 e. The van der Waals surface area contributed by atoms with E-state index >= 15 is 0 Å². The number of thiophene rings is 1. The molecule has 1 aromatic carbocycles. The summed E-state index contributed by atoms with van der Waals surface area (Å²) in [5.41, 5.74) is 4.96. The van der Waals surface area contributed by atoms with Gasteiger partial charge >= 0.3 is 0 Å². The summed E-state index contributed by atoms with van der Waals surface area (Å²) in [6.45, 7) is 1.94. The molecule has 2 aromatic rings. The molecule has 0 saturated carbocycles. The Kier molecular flexibility index (Phi) is 4.52.